The van der Waals surface area contributed by atoms with Crippen molar-refractivity contribution >= 4 is 35.2 Å². The molecule has 1 aliphatic heterocycles. The van der Waals surface area contributed by atoms with Crippen LogP contribution in [0.2, 0.25) is 0 Å². The van der Waals surface area contributed by atoms with Gasteiger partial charge in [0.15, 0.2) is 0 Å². The first-order valence-corrected chi connectivity index (χ1v) is 7.82. The van der Waals surface area contributed by atoms with E-state index in [9.17, 15) is 19.2 Å². The number of nitrogens with zero attached hydrogens (tertiary/aromatic N) is 1. The third kappa shape index (κ3) is 3.46. The highest BCUT2D eigenvalue weighted by Gasteiger charge is 2.56. The van der Waals surface area contributed by atoms with Gasteiger partial charge in [-0.25, -0.2) is 9.69 Å². The van der Waals surface area contributed by atoms with Crippen LogP contribution in [0.15, 0.2) is 18.2 Å². The number of methoxy groups -OCH3 is 1. The summed E-state index contributed by atoms with van der Waals surface area (Å²) >= 11 is 0. The summed E-state index contributed by atoms with van der Waals surface area (Å²) in [7, 11) is 1.23. The molecule has 1 heterocycles. The average molecular weight is 364 g/mol. The second-order valence-electron chi connectivity index (χ2n) is 5.94. The molecule has 9 nitrogen and oxygen atoms in total. The van der Waals surface area contributed by atoms with Crippen molar-refractivity contribution in [2.45, 2.75) is 33.1 Å². The van der Waals surface area contributed by atoms with E-state index >= 15 is 0 Å². The normalized spacial score (nSPS) is 18.4. The number of carbonyl (C=O) groups excluding carboxylic acids is 4. The minimum atomic E-state index is -1.94. The SMILES string of the molecule is COC(=O)c1ccc(N2C(=O)C(C)CC2(OC(C)=O)OC(C)=O)c(N)c1. The molecule has 2 N–H and O–H groups in total. The van der Waals surface area contributed by atoms with Gasteiger partial charge in [0, 0.05) is 19.8 Å². The smallest absolute Gasteiger partial charge is 0.349 e. The molecule has 1 fully saturated rings. The zero-order valence-corrected chi connectivity index (χ0v) is 14.9. The highest BCUT2D eigenvalue weighted by Crippen LogP contribution is 2.42. The average Bonchev–Trinajstić information content (AvgIpc) is 2.75. The highest BCUT2D eigenvalue weighted by molar-refractivity contribution is 6.02. The number of hydrogen-bond donors (Lipinski definition) is 1. The lowest BCUT2D eigenvalue weighted by Gasteiger charge is -2.36. The van der Waals surface area contributed by atoms with Crippen molar-refractivity contribution in [3.05, 3.63) is 23.8 Å². The summed E-state index contributed by atoms with van der Waals surface area (Å²) in [5.74, 6) is -5.03. The molecule has 1 unspecified atom stereocenters. The number of nitrogens with two attached hydrogens (primary N) is 1. The minimum Gasteiger partial charge on any atom is -0.465 e. The van der Waals surface area contributed by atoms with E-state index in [1.54, 1.807) is 6.92 Å². The maximum absolute atomic E-state index is 12.7. The number of benzene rings is 1. The summed E-state index contributed by atoms with van der Waals surface area (Å²) in [5, 5.41) is 0. The summed E-state index contributed by atoms with van der Waals surface area (Å²) in [4.78, 5) is 48.6. The van der Waals surface area contributed by atoms with Crippen LogP contribution in [0.1, 0.15) is 37.6 Å². The van der Waals surface area contributed by atoms with Crippen LogP contribution in [0.3, 0.4) is 0 Å². The quantitative estimate of drug-likeness (QED) is 0.480. The molecule has 1 aromatic rings. The second-order valence-corrected chi connectivity index (χ2v) is 5.94. The van der Waals surface area contributed by atoms with Crippen LogP contribution in [-0.2, 0) is 28.6 Å². The van der Waals surface area contributed by atoms with Crippen molar-refractivity contribution in [1.29, 1.82) is 0 Å². The van der Waals surface area contributed by atoms with Crippen molar-refractivity contribution in [3.63, 3.8) is 0 Å². The summed E-state index contributed by atoms with van der Waals surface area (Å²) in [5.41, 5.74) is 6.38. The fraction of sp³-hybridized carbons (Fsp3) is 0.412. The predicted octanol–water partition coefficient (Wildman–Crippen LogP) is 1.21. The summed E-state index contributed by atoms with van der Waals surface area (Å²) in [6.07, 6.45) is -0.0524. The number of amides is 1. The zero-order chi connectivity index (χ0) is 19.6. The molecule has 26 heavy (non-hydrogen) atoms. The first-order chi connectivity index (χ1) is 12.1. The number of anilines is 2. The molecule has 1 amide bonds. The van der Waals surface area contributed by atoms with Gasteiger partial charge >= 0.3 is 23.8 Å². The number of rotatable bonds is 4. The highest BCUT2D eigenvalue weighted by atomic mass is 16.8. The molecule has 0 radical (unpaired) electrons. The van der Waals surface area contributed by atoms with Crippen LogP contribution in [0.4, 0.5) is 11.4 Å². The Labute approximate surface area is 150 Å². The summed E-state index contributed by atoms with van der Waals surface area (Å²) in [6, 6.07) is 4.13. The van der Waals surface area contributed by atoms with Gasteiger partial charge in [0.25, 0.3) is 0 Å². The van der Waals surface area contributed by atoms with Gasteiger partial charge in [-0.1, -0.05) is 6.92 Å². The Balaban J connectivity index is 2.58. The van der Waals surface area contributed by atoms with E-state index in [0.717, 1.165) is 18.7 Å². The molecule has 0 aromatic heterocycles. The van der Waals surface area contributed by atoms with E-state index in [-0.39, 0.29) is 23.4 Å². The topological polar surface area (TPSA) is 125 Å². The van der Waals surface area contributed by atoms with E-state index in [1.165, 1.54) is 25.3 Å². The Morgan fingerprint density at radius 2 is 1.77 bits per heavy atom. The van der Waals surface area contributed by atoms with E-state index in [0.29, 0.717) is 0 Å². The van der Waals surface area contributed by atoms with Crippen LogP contribution >= 0.6 is 0 Å². The van der Waals surface area contributed by atoms with Gasteiger partial charge in [0.1, 0.15) is 0 Å². The number of ether oxygens (including phenoxy) is 3. The third-order valence-corrected chi connectivity index (χ3v) is 3.84. The van der Waals surface area contributed by atoms with Crippen molar-refractivity contribution in [2.24, 2.45) is 5.92 Å². The lowest BCUT2D eigenvalue weighted by molar-refractivity contribution is -0.222. The monoisotopic (exact) mass is 364 g/mol. The van der Waals surface area contributed by atoms with Gasteiger partial charge in [-0.3, -0.25) is 14.4 Å². The molecule has 0 saturated carbocycles. The molecule has 0 spiro atoms. The minimum absolute atomic E-state index is 0.0524. The van der Waals surface area contributed by atoms with Crippen molar-refractivity contribution < 1.29 is 33.4 Å². The molecule has 140 valence electrons. The molecule has 9 heteroatoms. The molecule has 1 aliphatic rings. The van der Waals surface area contributed by atoms with Crippen molar-refractivity contribution in [2.75, 3.05) is 17.7 Å². The Morgan fingerprint density at radius 1 is 1.19 bits per heavy atom. The number of hydrogen-bond acceptors (Lipinski definition) is 8. The Hall–Kier alpha value is -3.10. The first kappa shape index (κ1) is 19.2. The van der Waals surface area contributed by atoms with Gasteiger partial charge in [-0.2, -0.15) is 0 Å². The molecular weight excluding hydrogens is 344 g/mol. The third-order valence-electron chi connectivity index (χ3n) is 3.84. The largest absolute Gasteiger partial charge is 0.465 e. The Morgan fingerprint density at radius 3 is 2.23 bits per heavy atom. The summed E-state index contributed by atoms with van der Waals surface area (Å²) < 4.78 is 15.1. The standard InChI is InChI=1S/C17H20N2O7/c1-9-8-17(25-10(2)20,26-11(3)21)19(15(9)22)14-6-5-12(7-13(14)18)16(23)24-4/h5-7,9H,8,18H2,1-4H3. The van der Waals surface area contributed by atoms with E-state index in [1.807, 2.05) is 0 Å². The van der Waals surface area contributed by atoms with Crippen LogP contribution in [0.5, 0.6) is 0 Å². The predicted molar refractivity (Wildman–Crippen MR) is 89.7 cm³/mol. The van der Waals surface area contributed by atoms with Crippen molar-refractivity contribution in [3.8, 4) is 0 Å². The van der Waals surface area contributed by atoms with E-state index in [2.05, 4.69) is 4.74 Å². The maximum atomic E-state index is 12.7. The fourth-order valence-corrected chi connectivity index (χ4v) is 2.90. The lowest BCUT2D eigenvalue weighted by Crippen LogP contribution is -2.52. The van der Waals surface area contributed by atoms with Crippen LogP contribution in [0.25, 0.3) is 0 Å². The van der Waals surface area contributed by atoms with E-state index in [4.69, 9.17) is 15.2 Å². The maximum Gasteiger partial charge on any atom is 0.349 e. The van der Waals surface area contributed by atoms with Gasteiger partial charge in [-0.15, -0.1) is 0 Å². The number of esters is 3. The fourth-order valence-electron chi connectivity index (χ4n) is 2.90. The molecule has 1 aromatic carbocycles. The van der Waals surface area contributed by atoms with Gasteiger partial charge in [-0.05, 0) is 18.2 Å². The lowest BCUT2D eigenvalue weighted by atomic mass is 10.1. The molecule has 2 rings (SSSR count). The number of carbonyl (C=O) groups is 4. The first-order valence-electron chi connectivity index (χ1n) is 7.82. The second kappa shape index (κ2) is 7.03. The van der Waals surface area contributed by atoms with E-state index < -0.39 is 35.6 Å². The summed E-state index contributed by atoms with van der Waals surface area (Å²) in [6.45, 7) is 3.89. The number of nitrogen functional groups attached to an aromatic ring is 1. The van der Waals surface area contributed by atoms with Crippen LogP contribution in [-0.4, -0.2) is 36.8 Å². The molecule has 1 atom stereocenters. The molecular formula is C17H20N2O7. The van der Waals surface area contributed by atoms with Gasteiger partial charge < -0.3 is 19.9 Å². The van der Waals surface area contributed by atoms with Gasteiger partial charge in [0.05, 0.1) is 30.5 Å². The Bertz CT molecular complexity index is 758. The molecule has 0 bridgehead atoms. The zero-order valence-electron chi connectivity index (χ0n) is 14.9. The van der Waals surface area contributed by atoms with Crippen LogP contribution in [0, 0.1) is 5.92 Å². The van der Waals surface area contributed by atoms with Gasteiger partial charge in [0.2, 0.25) is 5.91 Å². The molecule has 0 aliphatic carbocycles. The Kier molecular flexibility index (Phi) is 5.20. The van der Waals surface area contributed by atoms with Crippen LogP contribution < -0.4 is 10.6 Å². The van der Waals surface area contributed by atoms with Crippen molar-refractivity contribution in [1.82, 2.24) is 0 Å². The molecule has 1 saturated heterocycles.